The Balaban J connectivity index is 1.73. The van der Waals surface area contributed by atoms with Gasteiger partial charge < -0.3 is 15.1 Å². The van der Waals surface area contributed by atoms with E-state index < -0.39 is 6.04 Å². The van der Waals surface area contributed by atoms with Crippen LogP contribution in [0.5, 0.6) is 0 Å². The first-order chi connectivity index (χ1) is 12.5. The minimum atomic E-state index is -0.501. The van der Waals surface area contributed by atoms with Crippen molar-refractivity contribution in [3.8, 4) is 0 Å². The summed E-state index contributed by atoms with van der Waals surface area (Å²) < 4.78 is 0. The van der Waals surface area contributed by atoms with Gasteiger partial charge in [0.25, 0.3) is 0 Å². The predicted octanol–water partition coefficient (Wildman–Crippen LogP) is 3.83. The third-order valence-corrected chi connectivity index (χ3v) is 4.88. The van der Waals surface area contributed by atoms with Crippen molar-refractivity contribution in [1.82, 2.24) is 4.90 Å². The molecule has 3 amide bonds. The minimum Gasteiger partial charge on any atom is -0.311 e. The molecule has 1 fully saturated rings. The molecule has 1 unspecified atom stereocenters. The predicted molar refractivity (Wildman–Crippen MR) is 105 cm³/mol. The van der Waals surface area contributed by atoms with Crippen LogP contribution < -0.4 is 10.2 Å². The van der Waals surface area contributed by atoms with E-state index in [9.17, 15) is 9.59 Å². The summed E-state index contributed by atoms with van der Waals surface area (Å²) in [5.41, 5.74) is 3.96. The lowest BCUT2D eigenvalue weighted by Gasteiger charge is -2.39. The number of rotatable bonds is 3. The van der Waals surface area contributed by atoms with Crippen LogP contribution in [0.15, 0.2) is 48.5 Å². The number of urea groups is 1. The van der Waals surface area contributed by atoms with Crippen LogP contribution in [0.2, 0.25) is 0 Å². The Morgan fingerprint density at radius 3 is 2.50 bits per heavy atom. The average Bonchev–Trinajstić information content (AvgIpc) is 2.65. The monoisotopic (exact) mass is 351 g/mol. The Labute approximate surface area is 154 Å². The van der Waals surface area contributed by atoms with Gasteiger partial charge in [-0.05, 0) is 44.0 Å². The Hall–Kier alpha value is -2.82. The normalized spacial score (nSPS) is 17.3. The zero-order valence-electron chi connectivity index (χ0n) is 15.5. The molecular weight excluding hydrogens is 326 g/mol. The summed E-state index contributed by atoms with van der Waals surface area (Å²) in [5.74, 6) is -0.0452. The van der Waals surface area contributed by atoms with Gasteiger partial charge in [-0.25, -0.2) is 4.79 Å². The number of hydrogen-bond donors (Lipinski definition) is 1. The molecule has 0 spiro atoms. The first-order valence-corrected chi connectivity index (χ1v) is 9.05. The summed E-state index contributed by atoms with van der Waals surface area (Å²) in [4.78, 5) is 28.9. The van der Waals surface area contributed by atoms with Crippen molar-refractivity contribution < 1.29 is 9.59 Å². The van der Waals surface area contributed by atoms with Gasteiger partial charge in [-0.15, -0.1) is 0 Å². The van der Waals surface area contributed by atoms with Crippen molar-refractivity contribution in [3.05, 3.63) is 59.7 Å². The number of amides is 3. The number of piperazine rings is 1. The fourth-order valence-electron chi connectivity index (χ4n) is 3.29. The van der Waals surface area contributed by atoms with Crippen LogP contribution in [0.25, 0.3) is 0 Å². The summed E-state index contributed by atoms with van der Waals surface area (Å²) in [6.07, 6.45) is 0.867. The molecule has 5 heteroatoms. The van der Waals surface area contributed by atoms with E-state index in [1.807, 2.05) is 55.5 Å². The van der Waals surface area contributed by atoms with Crippen molar-refractivity contribution in [3.63, 3.8) is 0 Å². The molecule has 1 atom stereocenters. The molecule has 2 aromatic rings. The second kappa shape index (κ2) is 7.60. The van der Waals surface area contributed by atoms with Crippen LogP contribution in [0, 0.1) is 6.92 Å². The summed E-state index contributed by atoms with van der Waals surface area (Å²) in [6, 6.07) is 14.9. The van der Waals surface area contributed by atoms with Crippen molar-refractivity contribution in [2.75, 3.05) is 23.3 Å². The molecule has 1 N–H and O–H groups in total. The van der Waals surface area contributed by atoms with Crippen LogP contribution in [0.4, 0.5) is 16.2 Å². The molecule has 0 bridgehead atoms. The Bertz CT molecular complexity index is 801. The third kappa shape index (κ3) is 3.57. The van der Waals surface area contributed by atoms with Gasteiger partial charge in [0.15, 0.2) is 0 Å². The number of carbonyl (C=O) groups excluding carboxylic acids is 2. The third-order valence-electron chi connectivity index (χ3n) is 4.88. The minimum absolute atomic E-state index is 0.0452. The van der Waals surface area contributed by atoms with E-state index in [1.54, 1.807) is 16.7 Å². The van der Waals surface area contributed by atoms with Gasteiger partial charge >= 0.3 is 6.03 Å². The second-order valence-corrected chi connectivity index (χ2v) is 6.64. The van der Waals surface area contributed by atoms with Crippen molar-refractivity contribution in [1.29, 1.82) is 0 Å². The van der Waals surface area contributed by atoms with Gasteiger partial charge in [0.05, 0.1) is 0 Å². The van der Waals surface area contributed by atoms with Gasteiger partial charge in [-0.3, -0.25) is 4.79 Å². The maximum atomic E-state index is 12.9. The van der Waals surface area contributed by atoms with E-state index in [1.165, 1.54) is 0 Å². The molecule has 0 saturated carbocycles. The summed E-state index contributed by atoms with van der Waals surface area (Å²) in [5, 5.41) is 2.88. The fourth-order valence-corrected chi connectivity index (χ4v) is 3.29. The van der Waals surface area contributed by atoms with E-state index >= 15 is 0 Å². The molecule has 0 radical (unpaired) electrons. The van der Waals surface area contributed by atoms with Crippen LogP contribution >= 0.6 is 0 Å². The van der Waals surface area contributed by atoms with E-state index in [-0.39, 0.29) is 11.9 Å². The molecule has 2 aromatic carbocycles. The van der Waals surface area contributed by atoms with E-state index in [0.717, 1.165) is 28.9 Å². The number of anilines is 2. The second-order valence-electron chi connectivity index (χ2n) is 6.64. The van der Waals surface area contributed by atoms with Gasteiger partial charge in [-0.2, -0.15) is 0 Å². The molecule has 1 saturated heterocycles. The van der Waals surface area contributed by atoms with E-state index in [4.69, 9.17) is 0 Å². The molecule has 1 aliphatic rings. The fraction of sp³-hybridized carbons (Fsp3) is 0.333. The number of nitrogens with zero attached hydrogens (tertiary/aromatic N) is 2. The molecular formula is C21H25N3O2. The van der Waals surface area contributed by atoms with Gasteiger partial charge in [0.2, 0.25) is 5.91 Å². The van der Waals surface area contributed by atoms with Gasteiger partial charge in [-0.1, -0.05) is 42.8 Å². The zero-order chi connectivity index (χ0) is 18.7. The number of aryl methyl sites for hydroxylation is 2. The van der Waals surface area contributed by atoms with E-state index in [0.29, 0.717) is 13.1 Å². The molecule has 0 aromatic heterocycles. The van der Waals surface area contributed by atoms with Gasteiger partial charge in [0.1, 0.15) is 6.04 Å². The molecule has 1 heterocycles. The topological polar surface area (TPSA) is 52.6 Å². The summed E-state index contributed by atoms with van der Waals surface area (Å²) in [6.45, 7) is 6.87. The molecule has 26 heavy (non-hydrogen) atoms. The number of nitrogens with one attached hydrogen (secondary N) is 1. The summed E-state index contributed by atoms with van der Waals surface area (Å²) in [7, 11) is 0. The largest absolute Gasteiger partial charge is 0.322 e. The molecule has 3 rings (SSSR count). The van der Waals surface area contributed by atoms with Crippen LogP contribution in [-0.2, 0) is 11.2 Å². The lowest BCUT2D eigenvalue weighted by Crippen LogP contribution is -2.58. The van der Waals surface area contributed by atoms with E-state index in [2.05, 4.69) is 12.2 Å². The highest BCUT2D eigenvalue weighted by molar-refractivity contribution is 6.02. The maximum Gasteiger partial charge on any atom is 0.322 e. The number of carbonyl (C=O) groups is 2. The van der Waals surface area contributed by atoms with Crippen molar-refractivity contribution in [2.24, 2.45) is 0 Å². The number of benzene rings is 2. The van der Waals surface area contributed by atoms with Crippen molar-refractivity contribution >= 4 is 23.3 Å². The Morgan fingerprint density at radius 1 is 1.12 bits per heavy atom. The Kier molecular flexibility index (Phi) is 5.26. The van der Waals surface area contributed by atoms with Gasteiger partial charge in [0, 0.05) is 24.5 Å². The van der Waals surface area contributed by atoms with Crippen LogP contribution in [-0.4, -0.2) is 36.0 Å². The van der Waals surface area contributed by atoms with Crippen LogP contribution in [0.1, 0.15) is 25.0 Å². The highest BCUT2D eigenvalue weighted by Gasteiger charge is 2.35. The molecule has 5 nitrogen and oxygen atoms in total. The summed E-state index contributed by atoms with van der Waals surface area (Å²) >= 11 is 0. The number of para-hydroxylation sites is 1. The lowest BCUT2D eigenvalue weighted by molar-refractivity contribution is -0.123. The molecule has 0 aliphatic carbocycles. The quantitative estimate of drug-likeness (QED) is 0.914. The zero-order valence-corrected chi connectivity index (χ0v) is 15.5. The molecule has 136 valence electrons. The van der Waals surface area contributed by atoms with Crippen molar-refractivity contribution in [2.45, 2.75) is 33.2 Å². The average molecular weight is 351 g/mol. The lowest BCUT2D eigenvalue weighted by atomic mass is 10.1. The first kappa shape index (κ1) is 18.0. The smallest absolute Gasteiger partial charge is 0.311 e. The standard InChI is InChI=1S/C21H25N3O2/c1-4-17-7-5-6-8-19(17)24-14-13-23(16(3)20(24)25)21(26)22-18-11-9-15(2)10-12-18/h5-12,16H,4,13-14H2,1-3H3,(H,22,26). The number of hydrogen-bond acceptors (Lipinski definition) is 2. The highest BCUT2D eigenvalue weighted by Crippen LogP contribution is 2.25. The maximum absolute atomic E-state index is 12.9. The Morgan fingerprint density at radius 2 is 1.81 bits per heavy atom. The van der Waals surface area contributed by atoms with Crippen LogP contribution in [0.3, 0.4) is 0 Å². The molecule has 1 aliphatic heterocycles. The highest BCUT2D eigenvalue weighted by atomic mass is 16.2. The SMILES string of the molecule is CCc1ccccc1N1CCN(C(=O)Nc2ccc(C)cc2)C(C)C1=O. The first-order valence-electron chi connectivity index (χ1n) is 9.05.